The van der Waals surface area contributed by atoms with Crippen LogP contribution in [0, 0.1) is 15.5 Å². The van der Waals surface area contributed by atoms with Gasteiger partial charge < -0.3 is 0 Å². The van der Waals surface area contributed by atoms with Gasteiger partial charge in [0.2, 0.25) is 6.04 Å². The zero-order valence-electron chi connectivity index (χ0n) is 10.9. The minimum atomic E-state index is -0.716. The molecule has 0 heterocycles. The number of Topliss-reactive ketones (excluding diaryl/α,β-unsaturated/α-hetero) is 1. The summed E-state index contributed by atoms with van der Waals surface area (Å²) in [5, 5.41) is 11.4. The Hall–Kier alpha value is -1.23. The first-order valence-electron chi connectivity index (χ1n) is 6.22. The van der Waals surface area contributed by atoms with E-state index < -0.39 is 11.5 Å². The van der Waals surface area contributed by atoms with E-state index in [0.29, 0.717) is 0 Å². The smallest absolute Gasteiger partial charge is 0.225 e. The lowest BCUT2D eigenvalue weighted by Gasteiger charge is -2.37. The molecule has 0 aliphatic heterocycles. The van der Waals surface area contributed by atoms with E-state index in [0.717, 1.165) is 10.0 Å². The summed E-state index contributed by atoms with van der Waals surface area (Å²) in [6.07, 6.45) is 0.544. The van der Waals surface area contributed by atoms with Crippen LogP contribution in [0.2, 0.25) is 0 Å². The molecule has 0 amide bonds. The molecule has 5 heteroatoms. The van der Waals surface area contributed by atoms with Crippen molar-refractivity contribution < 1.29 is 9.72 Å². The van der Waals surface area contributed by atoms with Crippen molar-refractivity contribution in [3.63, 3.8) is 0 Å². The third kappa shape index (κ3) is 2.86. The largest absolute Gasteiger partial charge is 0.300 e. The Morgan fingerprint density at radius 2 is 1.89 bits per heavy atom. The molecule has 1 fully saturated rings. The molecule has 0 saturated heterocycles. The lowest BCUT2D eigenvalue weighted by Crippen LogP contribution is -2.47. The fourth-order valence-corrected chi connectivity index (χ4v) is 3.29. The highest BCUT2D eigenvalue weighted by Crippen LogP contribution is 2.43. The minimum Gasteiger partial charge on any atom is -0.300 e. The van der Waals surface area contributed by atoms with Gasteiger partial charge in [-0.3, -0.25) is 14.9 Å². The number of rotatable bonds is 2. The summed E-state index contributed by atoms with van der Waals surface area (Å²) in [5.74, 6) is -0.227. The van der Waals surface area contributed by atoms with Crippen molar-refractivity contribution in [1.82, 2.24) is 0 Å². The van der Waals surface area contributed by atoms with Crippen molar-refractivity contribution in [3.8, 4) is 0 Å². The van der Waals surface area contributed by atoms with Crippen molar-refractivity contribution in [1.29, 1.82) is 0 Å². The maximum Gasteiger partial charge on any atom is 0.225 e. The molecular weight excluding hydrogens is 310 g/mol. The summed E-state index contributed by atoms with van der Waals surface area (Å²) in [5.41, 5.74) is 0.266. The van der Waals surface area contributed by atoms with Gasteiger partial charge in [0.1, 0.15) is 5.78 Å². The van der Waals surface area contributed by atoms with Crippen LogP contribution in [0.25, 0.3) is 0 Å². The average molecular weight is 326 g/mol. The number of benzene rings is 1. The van der Waals surface area contributed by atoms with Gasteiger partial charge in [-0.05, 0) is 17.7 Å². The highest BCUT2D eigenvalue weighted by molar-refractivity contribution is 9.10. The fourth-order valence-electron chi connectivity index (χ4n) is 3.03. The molecule has 1 saturated carbocycles. The van der Waals surface area contributed by atoms with E-state index in [4.69, 9.17) is 0 Å². The normalized spacial score (nSPS) is 26.2. The van der Waals surface area contributed by atoms with E-state index >= 15 is 0 Å². The first-order chi connectivity index (χ1) is 8.81. The van der Waals surface area contributed by atoms with E-state index in [2.05, 4.69) is 15.9 Å². The summed E-state index contributed by atoms with van der Waals surface area (Å²) in [6.45, 7) is 3.62. The molecule has 4 nitrogen and oxygen atoms in total. The van der Waals surface area contributed by atoms with Crippen molar-refractivity contribution in [2.75, 3.05) is 0 Å². The van der Waals surface area contributed by atoms with Crippen molar-refractivity contribution in [2.24, 2.45) is 5.41 Å². The Labute approximate surface area is 120 Å². The SMILES string of the molecule is CC1(C)CC(=O)C[C@H](c2ccc(Br)cc2)[C@@H]1[N+](=O)[O-]. The fraction of sp³-hybridized carbons (Fsp3) is 0.500. The molecule has 0 bridgehead atoms. The third-order valence-electron chi connectivity index (χ3n) is 3.81. The second-order valence-electron chi connectivity index (χ2n) is 5.80. The molecule has 0 aromatic heterocycles. The molecule has 1 aliphatic rings. The van der Waals surface area contributed by atoms with Gasteiger partial charge in [-0.15, -0.1) is 0 Å². The third-order valence-corrected chi connectivity index (χ3v) is 4.34. The van der Waals surface area contributed by atoms with Crippen molar-refractivity contribution in [3.05, 3.63) is 44.4 Å². The van der Waals surface area contributed by atoms with Gasteiger partial charge in [0.25, 0.3) is 0 Å². The Bertz CT molecular complexity index is 510. The van der Waals surface area contributed by atoms with E-state index in [9.17, 15) is 14.9 Å². The van der Waals surface area contributed by atoms with Gasteiger partial charge in [-0.25, -0.2) is 0 Å². The van der Waals surface area contributed by atoms with Gasteiger partial charge in [0, 0.05) is 27.7 Å². The molecule has 1 aliphatic carbocycles. The highest BCUT2D eigenvalue weighted by atomic mass is 79.9. The lowest BCUT2D eigenvalue weighted by molar-refractivity contribution is -0.546. The second kappa shape index (κ2) is 5.04. The number of halogens is 1. The Kier molecular flexibility index (Phi) is 3.76. The Morgan fingerprint density at radius 1 is 1.32 bits per heavy atom. The van der Waals surface area contributed by atoms with Gasteiger partial charge in [0.15, 0.2) is 0 Å². The highest BCUT2D eigenvalue weighted by Gasteiger charge is 2.50. The summed E-state index contributed by atoms with van der Waals surface area (Å²) in [7, 11) is 0. The molecule has 102 valence electrons. The maximum atomic E-state index is 11.9. The van der Waals surface area contributed by atoms with Crippen molar-refractivity contribution >= 4 is 21.7 Å². The Morgan fingerprint density at radius 3 is 2.42 bits per heavy atom. The van der Waals surface area contributed by atoms with E-state index in [1.165, 1.54) is 0 Å². The monoisotopic (exact) mass is 325 g/mol. The van der Waals surface area contributed by atoms with Crippen LogP contribution in [0.4, 0.5) is 0 Å². The van der Waals surface area contributed by atoms with E-state index in [-0.39, 0.29) is 29.5 Å². The summed E-state index contributed by atoms with van der Waals surface area (Å²) in [4.78, 5) is 23.1. The number of hydrogen-bond acceptors (Lipinski definition) is 3. The molecule has 1 aromatic carbocycles. The van der Waals surface area contributed by atoms with Crippen LogP contribution in [0.15, 0.2) is 28.7 Å². The van der Waals surface area contributed by atoms with Gasteiger partial charge in [0.05, 0.1) is 5.92 Å². The number of carbonyl (C=O) groups is 1. The lowest BCUT2D eigenvalue weighted by atomic mass is 9.66. The predicted octanol–water partition coefficient (Wildman–Crippen LogP) is 3.57. The van der Waals surface area contributed by atoms with Crippen LogP contribution in [0.5, 0.6) is 0 Å². The van der Waals surface area contributed by atoms with Crippen LogP contribution in [0.3, 0.4) is 0 Å². The first-order valence-corrected chi connectivity index (χ1v) is 7.01. The molecule has 19 heavy (non-hydrogen) atoms. The number of nitrogens with zero attached hydrogens (tertiary/aromatic N) is 1. The second-order valence-corrected chi connectivity index (χ2v) is 6.71. The minimum absolute atomic E-state index is 0.107. The topological polar surface area (TPSA) is 60.2 Å². The number of carbonyl (C=O) groups excluding carboxylic acids is 1. The van der Waals surface area contributed by atoms with Gasteiger partial charge in [-0.1, -0.05) is 41.9 Å². The molecule has 2 rings (SSSR count). The summed E-state index contributed by atoms with van der Waals surface area (Å²) >= 11 is 3.35. The molecular formula is C14H16BrNO3. The molecule has 0 unspecified atom stereocenters. The molecule has 0 spiro atoms. The summed E-state index contributed by atoms with van der Waals surface area (Å²) in [6, 6.07) is 6.72. The van der Waals surface area contributed by atoms with Crippen LogP contribution < -0.4 is 0 Å². The quantitative estimate of drug-likeness (QED) is 0.617. The van der Waals surface area contributed by atoms with Crippen LogP contribution in [0.1, 0.15) is 38.2 Å². The van der Waals surface area contributed by atoms with E-state index in [1.54, 1.807) is 0 Å². The maximum absolute atomic E-state index is 11.9. The standard InChI is InChI=1S/C14H16BrNO3/c1-14(2)8-11(17)7-12(13(14)16(18)19)9-3-5-10(15)6-4-9/h3-6,12-13H,7-8H2,1-2H3/t12-,13+/m1/s1. The van der Waals surface area contributed by atoms with Crippen LogP contribution in [-0.2, 0) is 4.79 Å². The zero-order chi connectivity index (χ0) is 14.2. The molecule has 2 atom stereocenters. The Balaban J connectivity index is 2.42. The predicted molar refractivity (Wildman–Crippen MR) is 75.7 cm³/mol. The van der Waals surface area contributed by atoms with Crippen molar-refractivity contribution in [2.45, 2.75) is 38.6 Å². The summed E-state index contributed by atoms with van der Waals surface area (Å²) < 4.78 is 0.926. The van der Waals surface area contributed by atoms with Crippen LogP contribution in [-0.4, -0.2) is 16.7 Å². The molecule has 0 radical (unpaired) electrons. The molecule has 0 N–H and O–H groups in total. The number of nitro groups is 1. The first kappa shape index (κ1) is 14.2. The zero-order valence-corrected chi connectivity index (χ0v) is 12.5. The number of hydrogen-bond donors (Lipinski definition) is 0. The van der Waals surface area contributed by atoms with Gasteiger partial charge in [-0.2, -0.15) is 0 Å². The van der Waals surface area contributed by atoms with Crippen LogP contribution >= 0.6 is 15.9 Å². The molecule has 1 aromatic rings. The van der Waals surface area contributed by atoms with Gasteiger partial charge >= 0.3 is 0 Å². The number of ketones is 1. The average Bonchev–Trinajstić information content (AvgIpc) is 2.26. The van der Waals surface area contributed by atoms with E-state index in [1.807, 2.05) is 38.1 Å².